The molecule has 0 bridgehead atoms. The predicted octanol–water partition coefficient (Wildman–Crippen LogP) is 2.73. The SMILES string of the molecule is CSCCC(C)NCc1ccc([N+](=O)[O-])cc1[N+](=O)[O-]. The van der Waals surface area contributed by atoms with Crippen LogP contribution in [0, 0.1) is 20.2 Å². The fourth-order valence-electron chi connectivity index (χ4n) is 1.67. The van der Waals surface area contributed by atoms with Crippen LogP contribution in [-0.2, 0) is 6.54 Å². The molecule has 0 aliphatic rings. The monoisotopic (exact) mass is 299 g/mol. The van der Waals surface area contributed by atoms with E-state index < -0.39 is 9.85 Å². The number of benzene rings is 1. The number of rotatable bonds is 8. The zero-order valence-electron chi connectivity index (χ0n) is 11.4. The van der Waals surface area contributed by atoms with Gasteiger partial charge < -0.3 is 5.32 Å². The second-order valence-electron chi connectivity index (χ2n) is 4.39. The lowest BCUT2D eigenvalue weighted by molar-refractivity contribution is -0.394. The van der Waals surface area contributed by atoms with E-state index in [9.17, 15) is 20.2 Å². The van der Waals surface area contributed by atoms with E-state index in [1.54, 1.807) is 11.8 Å². The zero-order chi connectivity index (χ0) is 15.1. The van der Waals surface area contributed by atoms with Crippen molar-refractivity contribution >= 4 is 23.1 Å². The first-order chi connectivity index (χ1) is 9.45. The fraction of sp³-hybridized carbons (Fsp3) is 0.500. The summed E-state index contributed by atoms with van der Waals surface area (Å²) in [5.74, 6) is 1.01. The van der Waals surface area contributed by atoms with Crippen LogP contribution in [0.4, 0.5) is 11.4 Å². The van der Waals surface area contributed by atoms with Gasteiger partial charge in [0.1, 0.15) is 0 Å². The summed E-state index contributed by atoms with van der Waals surface area (Å²) in [6.07, 6.45) is 2.98. The maximum absolute atomic E-state index is 11.0. The molecule has 0 heterocycles. The Balaban J connectivity index is 2.79. The molecule has 0 radical (unpaired) electrons. The van der Waals surface area contributed by atoms with Crippen LogP contribution in [-0.4, -0.2) is 27.9 Å². The molecule has 0 saturated carbocycles. The highest BCUT2D eigenvalue weighted by atomic mass is 32.2. The Morgan fingerprint density at radius 2 is 2.00 bits per heavy atom. The van der Waals surface area contributed by atoms with Gasteiger partial charge in [0, 0.05) is 24.2 Å². The third-order valence-electron chi connectivity index (χ3n) is 2.87. The Morgan fingerprint density at radius 1 is 1.30 bits per heavy atom. The number of nitrogens with zero attached hydrogens (tertiary/aromatic N) is 2. The van der Waals surface area contributed by atoms with E-state index in [1.807, 2.05) is 13.2 Å². The van der Waals surface area contributed by atoms with Crippen molar-refractivity contribution in [1.29, 1.82) is 0 Å². The van der Waals surface area contributed by atoms with Gasteiger partial charge in [-0.3, -0.25) is 20.2 Å². The molecule has 1 aromatic carbocycles. The molecule has 0 aromatic heterocycles. The molecule has 8 heteroatoms. The molecule has 0 amide bonds. The van der Waals surface area contributed by atoms with Gasteiger partial charge in [-0.15, -0.1) is 0 Å². The average Bonchev–Trinajstić information content (AvgIpc) is 2.42. The minimum Gasteiger partial charge on any atom is -0.310 e. The molecular weight excluding hydrogens is 282 g/mol. The van der Waals surface area contributed by atoms with Gasteiger partial charge in [0.2, 0.25) is 0 Å². The Morgan fingerprint density at radius 3 is 2.55 bits per heavy atom. The summed E-state index contributed by atoms with van der Waals surface area (Å²) in [4.78, 5) is 20.4. The van der Waals surface area contributed by atoms with Gasteiger partial charge in [-0.1, -0.05) is 0 Å². The topological polar surface area (TPSA) is 98.3 Å². The molecule has 0 saturated heterocycles. The Hall–Kier alpha value is -1.67. The van der Waals surface area contributed by atoms with E-state index >= 15 is 0 Å². The molecule has 1 atom stereocenters. The minimum atomic E-state index is -0.634. The number of hydrogen-bond donors (Lipinski definition) is 1. The summed E-state index contributed by atoms with van der Waals surface area (Å²) in [6.45, 7) is 2.33. The summed E-state index contributed by atoms with van der Waals surface area (Å²) in [7, 11) is 0. The molecule has 110 valence electrons. The lowest BCUT2D eigenvalue weighted by atomic mass is 10.1. The number of nitro groups is 2. The molecule has 1 aromatic rings. The Kier molecular flexibility index (Phi) is 6.40. The molecule has 20 heavy (non-hydrogen) atoms. The van der Waals surface area contributed by atoms with E-state index in [0.717, 1.165) is 18.2 Å². The molecule has 0 fully saturated rings. The first-order valence-electron chi connectivity index (χ1n) is 6.09. The number of thioether (sulfide) groups is 1. The van der Waals surface area contributed by atoms with Crippen molar-refractivity contribution < 1.29 is 9.85 Å². The van der Waals surface area contributed by atoms with Gasteiger partial charge in [0.25, 0.3) is 11.4 Å². The van der Waals surface area contributed by atoms with Crippen LogP contribution < -0.4 is 5.32 Å². The summed E-state index contributed by atoms with van der Waals surface area (Å²) in [6, 6.07) is 3.96. The smallest absolute Gasteiger partial charge is 0.280 e. The van der Waals surface area contributed by atoms with Crippen LogP contribution in [0.25, 0.3) is 0 Å². The number of nitro benzene ring substituents is 2. The molecule has 1 N–H and O–H groups in total. The molecule has 0 aliphatic carbocycles. The van der Waals surface area contributed by atoms with Crippen molar-refractivity contribution in [3.05, 3.63) is 44.0 Å². The second-order valence-corrected chi connectivity index (χ2v) is 5.38. The van der Waals surface area contributed by atoms with Crippen molar-refractivity contribution in [2.45, 2.75) is 25.9 Å². The highest BCUT2D eigenvalue weighted by molar-refractivity contribution is 7.98. The second kappa shape index (κ2) is 7.81. The number of non-ortho nitro benzene ring substituents is 1. The number of nitrogens with one attached hydrogen (secondary N) is 1. The van der Waals surface area contributed by atoms with Gasteiger partial charge in [0.15, 0.2) is 0 Å². The predicted molar refractivity (Wildman–Crippen MR) is 79.1 cm³/mol. The van der Waals surface area contributed by atoms with Crippen molar-refractivity contribution in [3.63, 3.8) is 0 Å². The van der Waals surface area contributed by atoms with E-state index in [-0.39, 0.29) is 17.4 Å². The Labute approximate surface area is 121 Å². The van der Waals surface area contributed by atoms with Crippen LogP contribution in [0.3, 0.4) is 0 Å². The summed E-state index contributed by atoms with van der Waals surface area (Å²) in [5.41, 5.74) is -0.0313. The fourth-order valence-corrected chi connectivity index (χ4v) is 2.26. The van der Waals surface area contributed by atoms with Gasteiger partial charge in [-0.2, -0.15) is 11.8 Å². The lowest BCUT2D eigenvalue weighted by Gasteiger charge is -2.13. The van der Waals surface area contributed by atoms with Crippen molar-refractivity contribution in [3.8, 4) is 0 Å². The highest BCUT2D eigenvalue weighted by Crippen LogP contribution is 2.24. The third kappa shape index (κ3) is 4.78. The molecule has 7 nitrogen and oxygen atoms in total. The first-order valence-corrected chi connectivity index (χ1v) is 7.49. The normalized spacial score (nSPS) is 12.1. The summed E-state index contributed by atoms with van der Waals surface area (Å²) < 4.78 is 0. The maximum Gasteiger partial charge on any atom is 0.280 e. The van der Waals surface area contributed by atoms with Crippen LogP contribution in [0.15, 0.2) is 18.2 Å². The lowest BCUT2D eigenvalue weighted by Crippen LogP contribution is -2.26. The van der Waals surface area contributed by atoms with Crippen molar-refractivity contribution in [2.75, 3.05) is 12.0 Å². The zero-order valence-corrected chi connectivity index (χ0v) is 12.2. The number of hydrogen-bond acceptors (Lipinski definition) is 6. The summed E-state index contributed by atoms with van der Waals surface area (Å²) >= 11 is 1.74. The maximum atomic E-state index is 11.0. The van der Waals surface area contributed by atoms with E-state index in [4.69, 9.17) is 0 Å². The first kappa shape index (κ1) is 16.4. The van der Waals surface area contributed by atoms with Crippen LogP contribution >= 0.6 is 11.8 Å². The summed E-state index contributed by atoms with van der Waals surface area (Å²) in [5, 5.41) is 24.8. The van der Waals surface area contributed by atoms with E-state index in [0.29, 0.717) is 12.1 Å². The molecule has 0 aliphatic heterocycles. The molecule has 1 rings (SSSR count). The quantitative estimate of drug-likeness (QED) is 0.585. The third-order valence-corrected chi connectivity index (χ3v) is 3.52. The van der Waals surface area contributed by atoms with E-state index in [2.05, 4.69) is 5.32 Å². The van der Waals surface area contributed by atoms with Crippen LogP contribution in [0.5, 0.6) is 0 Å². The van der Waals surface area contributed by atoms with Gasteiger partial charge in [-0.25, -0.2) is 0 Å². The highest BCUT2D eigenvalue weighted by Gasteiger charge is 2.19. The Bertz CT molecular complexity index is 496. The minimum absolute atomic E-state index is 0.219. The van der Waals surface area contributed by atoms with Gasteiger partial charge in [-0.05, 0) is 31.4 Å². The average molecular weight is 299 g/mol. The van der Waals surface area contributed by atoms with E-state index in [1.165, 1.54) is 12.1 Å². The van der Waals surface area contributed by atoms with Crippen molar-refractivity contribution in [1.82, 2.24) is 5.32 Å². The van der Waals surface area contributed by atoms with Gasteiger partial charge in [0.05, 0.1) is 15.9 Å². The van der Waals surface area contributed by atoms with Crippen molar-refractivity contribution in [2.24, 2.45) is 0 Å². The molecule has 0 spiro atoms. The largest absolute Gasteiger partial charge is 0.310 e. The molecular formula is C12H17N3O4S. The molecule has 1 unspecified atom stereocenters. The van der Waals surface area contributed by atoms with Gasteiger partial charge >= 0.3 is 0 Å². The standard InChI is InChI=1S/C12H17N3O4S/c1-9(5-6-20-2)13-8-10-3-4-11(14(16)17)7-12(10)15(18)19/h3-4,7,9,13H,5-6,8H2,1-2H3. The van der Waals surface area contributed by atoms with Crippen LogP contribution in [0.1, 0.15) is 18.9 Å². The van der Waals surface area contributed by atoms with Crippen LogP contribution in [0.2, 0.25) is 0 Å².